The van der Waals surface area contributed by atoms with Crippen LogP contribution in [0.3, 0.4) is 0 Å². The summed E-state index contributed by atoms with van der Waals surface area (Å²) in [6, 6.07) is 15.8. The van der Waals surface area contributed by atoms with Gasteiger partial charge in [-0.2, -0.15) is 0 Å². The number of aromatic nitrogens is 2. The fraction of sp³-hybridized carbons (Fsp3) is 0. The molecule has 0 spiro atoms. The van der Waals surface area contributed by atoms with E-state index in [1.54, 1.807) is 6.20 Å². The molecule has 96 valence electrons. The zero-order valence-electron chi connectivity index (χ0n) is 10.5. The third-order valence-corrected chi connectivity index (χ3v) is 5.67. The van der Waals surface area contributed by atoms with E-state index < -0.39 is 0 Å². The van der Waals surface area contributed by atoms with Gasteiger partial charge in [0.2, 0.25) is 0 Å². The molecule has 20 heavy (non-hydrogen) atoms. The van der Waals surface area contributed by atoms with E-state index in [0.717, 1.165) is 26.1 Å². The van der Waals surface area contributed by atoms with Crippen LogP contribution in [-0.4, -0.2) is 23.3 Å². The van der Waals surface area contributed by atoms with Crippen LogP contribution in [0.5, 0.6) is 0 Å². The molecule has 0 atom stereocenters. The molecule has 0 aliphatic carbocycles. The Bertz CT molecular complexity index is 979. The van der Waals surface area contributed by atoms with Crippen LogP contribution in [0.4, 0.5) is 0 Å². The Morgan fingerprint density at radius 1 is 0.950 bits per heavy atom. The van der Waals surface area contributed by atoms with Crippen LogP contribution in [0.15, 0.2) is 65.7 Å². The molecule has 4 aromatic rings. The van der Waals surface area contributed by atoms with E-state index >= 15 is 0 Å². The zero-order valence-corrected chi connectivity index (χ0v) is 12.2. The monoisotopic (exact) mass is 326 g/mol. The van der Waals surface area contributed by atoms with Gasteiger partial charge in [-0.1, -0.05) is 0 Å². The van der Waals surface area contributed by atoms with Gasteiger partial charge in [0.25, 0.3) is 0 Å². The Kier molecular flexibility index (Phi) is 2.59. The predicted octanol–water partition coefficient (Wildman–Crippen LogP) is 2.60. The van der Waals surface area contributed by atoms with Gasteiger partial charge in [-0.3, -0.25) is 0 Å². The van der Waals surface area contributed by atoms with Gasteiger partial charge in [0.1, 0.15) is 0 Å². The molecule has 4 rings (SSSR count). The molecule has 0 saturated carbocycles. The Morgan fingerprint density at radius 2 is 1.85 bits per heavy atom. The molecule has 0 N–H and O–H groups in total. The Balaban J connectivity index is 2.12. The number of hydrogen-bond donors (Lipinski definition) is 0. The second-order valence-electron chi connectivity index (χ2n) is 4.56. The van der Waals surface area contributed by atoms with Gasteiger partial charge >= 0.3 is 121 Å². The number of nitrogens with zero attached hydrogens (tertiary/aromatic N) is 2. The van der Waals surface area contributed by atoms with Crippen LogP contribution in [0.25, 0.3) is 26.1 Å². The van der Waals surface area contributed by atoms with Crippen molar-refractivity contribution in [2.75, 3.05) is 0 Å². The van der Waals surface area contributed by atoms with E-state index in [9.17, 15) is 4.79 Å². The summed E-state index contributed by atoms with van der Waals surface area (Å²) in [6.07, 6.45) is 3.60. The maximum atomic E-state index is 12.6. The fourth-order valence-corrected chi connectivity index (χ4v) is 4.57. The number of rotatable bonds is 1. The van der Waals surface area contributed by atoms with Gasteiger partial charge in [0, 0.05) is 0 Å². The molecular formula is C16H10N2OSe. The van der Waals surface area contributed by atoms with E-state index in [-0.39, 0.29) is 20.3 Å². The molecule has 0 bridgehead atoms. The van der Waals surface area contributed by atoms with Crippen LogP contribution in [0, 0.1) is 0 Å². The fourth-order valence-electron chi connectivity index (χ4n) is 2.41. The Hall–Kier alpha value is -2.16. The standard InChI is InChI=1S/C16H10N2OSe/c19-16-13-5-1-2-7-15(13)20-18(16)14-6-3-4-11-10-17-9-8-12(11)14/h1-10H. The molecule has 2 heterocycles. The molecule has 3 nitrogen and oxygen atoms in total. The Labute approximate surface area is 121 Å². The van der Waals surface area contributed by atoms with Crippen LogP contribution in [0.1, 0.15) is 0 Å². The summed E-state index contributed by atoms with van der Waals surface area (Å²) in [5, 5.41) is 2.97. The topological polar surface area (TPSA) is 34.9 Å². The van der Waals surface area contributed by atoms with Gasteiger partial charge < -0.3 is 0 Å². The maximum absolute atomic E-state index is 12.6. The molecule has 2 aromatic carbocycles. The first-order chi connectivity index (χ1) is 9.84. The predicted molar refractivity (Wildman–Crippen MR) is 81.8 cm³/mol. The minimum atomic E-state index is 0.00519. The van der Waals surface area contributed by atoms with Crippen LogP contribution < -0.4 is 5.56 Å². The number of fused-ring (bicyclic) bond motifs is 2. The van der Waals surface area contributed by atoms with Gasteiger partial charge in [-0.15, -0.1) is 0 Å². The summed E-state index contributed by atoms with van der Waals surface area (Å²) in [4.78, 5) is 16.7. The molecule has 0 amide bonds. The number of benzene rings is 2. The van der Waals surface area contributed by atoms with Gasteiger partial charge in [0.05, 0.1) is 0 Å². The summed E-state index contributed by atoms with van der Waals surface area (Å²) in [6.45, 7) is 0. The normalized spacial score (nSPS) is 11.2. The third kappa shape index (κ3) is 1.66. The summed E-state index contributed by atoms with van der Waals surface area (Å²) in [5.41, 5.74) is 1.08. The summed E-state index contributed by atoms with van der Waals surface area (Å²) >= 11 is 0.00519. The van der Waals surface area contributed by atoms with Gasteiger partial charge in [-0.05, 0) is 0 Å². The molecule has 0 aliphatic heterocycles. The second-order valence-corrected chi connectivity index (χ2v) is 6.63. The van der Waals surface area contributed by atoms with Gasteiger partial charge in [-0.25, -0.2) is 0 Å². The number of hydrogen-bond acceptors (Lipinski definition) is 2. The molecule has 0 saturated heterocycles. The average Bonchev–Trinajstić information content (AvgIpc) is 2.84. The summed E-state index contributed by atoms with van der Waals surface area (Å²) in [5.74, 6) is 0. The Morgan fingerprint density at radius 3 is 2.75 bits per heavy atom. The van der Waals surface area contributed by atoms with E-state index in [1.165, 1.54) is 0 Å². The molecule has 4 heteroatoms. The summed E-state index contributed by atoms with van der Waals surface area (Å²) in [7, 11) is 0. The molecule has 0 fully saturated rings. The average molecular weight is 325 g/mol. The van der Waals surface area contributed by atoms with Crippen LogP contribution in [-0.2, 0) is 0 Å². The zero-order chi connectivity index (χ0) is 13.5. The minimum absolute atomic E-state index is 0.00519. The van der Waals surface area contributed by atoms with Crippen molar-refractivity contribution in [1.29, 1.82) is 0 Å². The van der Waals surface area contributed by atoms with Gasteiger partial charge in [0.15, 0.2) is 0 Å². The van der Waals surface area contributed by atoms with Crippen molar-refractivity contribution in [2.24, 2.45) is 0 Å². The van der Waals surface area contributed by atoms with Crippen LogP contribution in [0.2, 0.25) is 0 Å². The SMILES string of the molecule is O=c1c2ccccc2[se]n1-c1cccc2cnccc12. The molecule has 0 unspecified atom stereocenters. The first kappa shape index (κ1) is 11.6. The van der Waals surface area contributed by atoms with Crippen molar-refractivity contribution in [1.82, 2.24) is 8.55 Å². The first-order valence-corrected chi connectivity index (χ1v) is 7.91. The molecular weight excluding hydrogens is 315 g/mol. The number of pyridine rings is 1. The van der Waals surface area contributed by atoms with E-state index in [0.29, 0.717) is 0 Å². The first-order valence-electron chi connectivity index (χ1n) is 6.29. The molecule has 0 aliphatic rings. The van der Waals surface area contributed by atoms with E-state index in [1.807, 2.05) is 58.3 Å². The molecule has 2 aromatic heterocycles. The van der Waals surface area contributed by atoms with Crippen molar-refractivity contribution in [3.63, 3.8) is 0 Å². The van der Waals surface area contributed by atoms with E-state index in [4.69, 9.17) is 0 Å². The van der Waals surface area contributed by atoms with Crippen LogP contribution >= 0.6 is 0 Å². The second kappa shape index (κ2) is 4.44. The van der Waals surface area contributed by atoms with Crippen molar-refractivity contribution >= 4 is 35.2 Å². The molecule has 0 radical (unpaired) electrons. The third-order valence-electron chi connectivity index (χ3n) is 3.37. The van der Waals surface area contributed by atoms with Crippen molar-refractivity contribution in [3.05, 3.63) is 71.3 Å². The summed E-state index contributed by atoms with van der Waals surface area (Å²) < 4.78 is 3.05. The van der Waals surface area contributed by atoms with Crippen molar-refractivity contribution in [2.45, 2.75) is 0 Å². The van der Waals surface area contributed by atoms with E-state index in [2.05, 4.69) is 4.98 Å². The quantitative estimate of drug-likeness (QED) is 0.504. The van der Waals surface area contributed by atoms with Crippen molar-refractivity contribution < 1.29 is 0 Å². The van der Waals surface area contributed by atoms with Crippen molar-refractivity contribution in [3.8, 4) is 5.69 Å².